The zero-order valence-corrected chi connectivity index (χ0v) is 12.2. The summed E-state index contributed by atoms with van der Waals surface area (Å²) in [4.78, 5) is 0. The Morgan fingerprint density at radius 3 is 2.74 bits per heavy atom. The molecule has 2 aromatic heterocycles. The van der Waals surface area contributed by atoms with Crippen molar-refractivity contribution >= 4 is 11.6 Å². The average Bonchev–Trinajstić information content (AvgIpc) is 2.97. The Balaban J connectivity index is 2.24. The van der Waals surface area contributed by atoms with Crippen molar-refractivity contribution in [3.63, 3.8) is 0 Å². The van der Waals surface area contributed by atoms with Gasteiger partial charge in [0.25, 0.3) is 0 Å². The van der Waals surface area contributed by atoms with E-state index in [1.807, 2.05) is 27.0 Å². The number of aryl methyl sites for hydroxylation is 3. The number of hydrogen-bond donors (Lipinski definition) is 1. The molecule has 19 heavy (non-hydrogen) atoms. The zero-order chi connectivity index (χ0) is 14.0. The van der Waals surface area contributed by atoms with Gasteiger partial charge in [0, 0.05) is 25.5 Å². The summed E-state index contributed by atoms with van der Waals surface area (Å²) in [5.41, 5.74) is 2.56. The van der Waals surface area contributed by atoms with E-state index in [4.69, 9.17) is 16.0 Å². The molecule has 1 N–H and O–H groups in total. The minimum atomic E-state index is -0.619. The highest BCUT2D eigenvalue weighted by Gasteiger charge is 2.20. The lowest BCUT2D eigenvalue weighted by Gasteiger charge is -2.11. The first-order valence-electron chi connectivity index (χ1n) is 6.53. The number of aliphatic hydroxyl groups is 1. The van der Waals surface area contributed by atoms with E-state index >= 15 is 0 Å². The number of rotatable bonds is 5. The van der Waals surface area contributed by atoms with E-state index in [1.165, 1.54) is 0 Å². The van der Waals surface area contributed by atoms with Crippen LogP contribution in [0.1, 0.15) is 42.7 Å². The molecule has 0 saturated carbocycles. The molecule has 1 atom stereocenters. The maximum absolute atomic E-state index is 10.3. The van der Waals surface area contributed by atoms with Crippen LogP contribution in [0.15, 0.2) is 16.7 Å². The molecular weight excluding hydrogens is 264 g/mol. The van der Waals surface area contributed by atoms with Gasteiger partial charge in [0.1, 0.15) is 5.76 Å². The van der Waals surface area contributed by atoms with Crippen molar-refractivity contribution in [1.29, 1.82) is 0 Å². The van der Waals surface area contributed by atoms with Gasteiger partial charge in [-0.3, -0.25) is 4.68 Å². The van der Waals surface area contributed by atoms with E-state index in [0.717, 1.165) is 35.6 Å². The molecule has 0 fully saturated rings. The molecule has 104 valence electrons. The van der Waals surface area contributed by atoms with Crippen LogP contribution in [0.5, 0.6) is 0 Å². The van der Waals surface area contributed by atoms with Gasteiger partial charge in [0.15, 0.2) is 0 Å². The molecule has 0 bridgehead atoms. The summed E-state index contributed by atoms with van der Waals surface area (Å²) in [5, 5.41) is 15.4. The molecule has 0 aromatic carbocycles. The molecule has 0 spiro atoms. The predicted octanol–water partition coefficient (Wildman–Crippen LogP) is 3.07. The van der Waals surface area contributed by atoms with Gasteiger partial charge >= 0.3 is 0 Å². The van der Waals surface area contributed by atoms with Gasteiger partial charge in [-0.1, -0.05) is 25.4 Å². The number of furan rings is 1. The molecular formula is C14H19ClN2O2. The fraction of sp³-hybridized carbons (Fsp3) is 0.500. The first kappa shape index (κ1) is 14.2. The van der Waals surface area contributed by atoms with Crippen molar-refractivity contribution in [2.45, 2.75) is 39.2 Å². The molecule has 0 aliphatic carbocycles. The Morgan fingerprint density at radius 2 is 2.16 bits per heavy atom. The van der Waals surface area contributed by atoms with Crippen LogP contribution in [0.2, 0.25) is 5.02 Å². The molecule has 0 saturated heterocycles. The van der Waals surface area contributed by atoms with Gasteiger partial charge in [-0.05, 0) is 12.5 Å². The van der Waals surface area contributed by atoms with Gasteiger partial charge < -0.3 is 9.52 Å². The fourth-order valence-electron chi connectivity index (χ4n) is 2.27. The van der Waals surface area contributed by atoms with Crippen molar-refractivity contribution in [3.8, 4) is 0 Å². The third-order valence-corrected chi connectivity index (χ3v) is 3.79. The molecule has 2 heterocycles. The van der Waals surface area contributed by atoms with Crippen LogP contribution in [-0.2, 0) is 26.3 Å². The monoisotopic (exact) mass is 282 g/mol. The third kappa shape index (κ3) is 2.69. The summed E-state index contributed by atoms with van der Waals surface area (Å²) in [6.45, 7) is 4.01. The quantitative estimate of drug-likeness (QED) is 0.917. The zero-order valence-electron chi connectivity index (χ0n) is 11.5. The van der Waals surface area contributed by atoms with Crippen molar-refractivity contribution in [2.75, 3.05) is 0 Å². The molecule has 0 amide bonds. The molecule has 1 unspecified atom stereocenters. The third-order valence-electron chi connectivity index (χ3n) is 3.35. The summed E-state index contributed by atoms with van der Waals surface area (Å²) >= 11 is 6.29. The van der Waals surface area contributed by atoms with Gasteiger partial charge in [0.2, 0.25) is 0 Å². The van der Waals surface area contributed by atoms with Gasteiger partial charge in [0.05, 0.1) is 28.8 Å². The molecule has 0 aliphatic rings. The SMILES string of the molecule is CCc1nn(C)c(CC(O)c2ccoc2CC)c1Cl. The van der Waals surface area contributed by atoms with Gasteiger partial charge in [-0.2, -0.15) is 5.10 Å². The first-order chi connectivity index (χ1) is 9.08. The van der Waals surface area contributed by atoms with E-state index in [2.05, 4.69) is 5.10 Å². The summed E-state index contributed by atoms with van der Waals surface area (Å²) in [6.07, 6.45) is 2.98. The maximum atomic E-state index is 10.3. The second-order valence-electron chi connectivity index (χ2n) is 4.56. The summed E-state index contributed by atoms with van der Waals surface area (Å²) in [7, 11) is 1.85. The number of aliphatic hydroxyl groups excluding tert-OH is 1. The number of nitrogens with zero attached hydrogens (tertiary/aromatic N) is 2. The smallest absolute Gasteiger partial charge is 0.109 e. The predicted molar refractivity (Wildman–Crippen MR) is 74.3 cm³/mol. The highest BCUT2D eigenvalue weighted by Crippen LogP contribution is 2.28. The number of halogens is 1. The van der Waals surface area contributed by atoms with E-state index in [-0.39, 0.29) is 0 Å². The second kappa shape index (κ2) is 5.80. The lowest BCUT2D eigenvalue weighted by molar-refractivity contribution is 0.173. The van der Waals surface area contributed by atoms with Crippen LogP contribution < -0.4 is 0 Å². The van der Waals surface area contributed by atoms with E-state index in [1.54, 1.807) is 10.9 Å². The lowest BCUT2D eigenvalue weighted by Crippen LogP contribution is -2.07. The Bertz CT molecular complexity index is 560. The van der Waals surface area contributed by atoms with Crippen LogP contribution in [0.25, 0.3) is 0 Å². The minimum Gasteiger partial charge on any atom is -0.469 e. The Labute approximate surface area is 118 Å². The molecule has 0 aliphatic heterocycles. The van der Waals surface area contributed by atoms with Crippen LogP contribution >= 0.6 is 11.6 Å². The van der Waals surface area contributed by atoms with Crippen LogP contribution in [0, 0.1) is 0 Å². The van der Waals surface area contributed by atoms with E-state index < -0.39 is 6.10 Å². The second-order valence-corrected chi connectivity index (χ2v) is 4.94. The lowest BCUT2D eigenvalue weighted by atomic mass is 10.0. The Morgan fingerprint density at radius 1 is 1.42 bits per heavy atom. The largest absolute Gasteiger partial charge is 0.469 e. The number of aromatic nitrogens is 2. The van der Waals surface area contributed by atoms with Gasteiger partial charge in [-0.25, -0.2) is 0 Å². The summed E-state index contributed by atoms with van der Waals surface area (Å²) in [5.74, 6) is 0.821. The fourth-order valence-corrected chi connectivity index (χ4v) is 2.64. The van der Waals surface area contributed by atoms with Crippen molar-refractivity contribution in [2.24, 2.45) is 7.05 Å². The molecule has 0 radical (unpaired) electrons. The van der Waals surface area contributed by atoms with Crippen LogP contribution in [-0.4, -0.2) is 14.9 Å². The normalized spacial score (nSPS) is 12.9. The average molecular weight is 283 g/mol. The molecule has 2 rings (SSSR count). The Kier molecular flexibility index (Phi) is 4.32. The highest BCUT2D eigenvalue weighted by molar-refractivity contribution is 6.31. The van der Waals surface area contributed by atoms with Crippen LogP contribution in [0.3, 0.4) is 0 Å². The van der Waals surface area contributed by atoms with Crippen LogP contribution in [0.4, 0.5) is 0 Å². The molecule has 4 nitrogen and oxygen atoms in total. The van der Waals surface area contributed by atoms with E-state index in [0.29, 0.717) is 11.4 Å². The molecule has 5 heteroatoms. The maximum Gasteiger partial charge on any atom is 0.109 e. The highest BCUT2D eigenvalue weighted by atomic mass is 35.5. The van der Waals surface area contributed by atoms with Crippen molar-refractivity contribution in [3.05, 3.63) is 40.1 Å². The first-order valence-corrected chi connectivity index (χ1v) is 6.90. The summed E-state index contributed by atoms with van der Waals surface area (Å²) in [6, 6.07) is 1.81. The van der Waals surface area contributed by atoms with E-state index in [9.17, 15) is 5.11 Å². The van der Waals surface area contributed by atoms with Crippen molar-refractivity contribution in [1.82, 2.24) is 9.78 Å². The van der Waals surface area contributed by atoms with Gasteiger partial charge in [-0.15, -0.1) is 0 Å². The Hall–Kier alpha value is -1.26. The standard InChI is InChI=1S/C14H19ClN2O2/c1-4-10-14(15)11(17(3)16-10)8-12(18)9-6-7-19-13(9)5-2/h6-7,12,18H,4-5,8H2,1-3H3. The summed E-state index contributed by atoms with van der Waals surface area (Å²) < 4.78 is 7.09. The van der Waals surface area contributed by atoms with Crippen molar-refractivity contribution < 1.29 is 9.52 Å². The molecule has 2 aromatic rings. The minimum absolute atomic E-state index is 0.439. The topological polar surface area (TPSA) is 51.2 Å². The number of hydrogen-bond acceptors (Lipinski definition) is 3.